The minimum absolute atomic E-state index is 0.146. The molecule has 49 heavy (non-hydrogen) atoms. The van der Waals surface area contributed by atoms with Crippen LogP contribution in [-0.2, 0) is 26.2 Å². The minimum atomic E-state index is -1.35. The molecule has 4 aliphatic rings. The van der Waals surface area contributed by atoms with Gasteiger partial charge in [-0.05, 0) is 73.9 Å². The topological polar surface area (TPSA) is 122 Å². The summed E-state index contributed by atoms with van der Waals surface area (Å²) in [4.78, 5) is 59.7. The number of allylic oxidation sites excluding steroid dienone is 2. The maximum absolute atomic E-state index is 15.0. The predicted octanol–water partition coefficient (Wildman–Crippen LogP) is 6.60. The number of aromatic nitrogens is 2. The van der Waals surface area contributed by atoms with E-state index in [2.05, 4.69) is 15.9 Å². The number of imide groups is 2. The Hall–Kier alpha value is -4.00. The van der Waals surface area contributed by atoms with Gasteiger partial charge in [-0.15, -0.1) is 11.3 Å². The van der Waals surface area contributed by atoms with Gasteiger partial charge in [0.15, 0.2) is 11.5 Å². The van der Waals surface area contributed by atoms with E-state index in [1.165, 1.54) is 24.0 Å². The number of nitrogens with zero attached hydrogens (tertiary/aromatic N) is 4. The van der Waals surface area contributed by atoms with E-state index in [1.54, 1.807) is 48.2 Å². The number of aromatic hydroxyl groups is 1. The number of phenols is 1. The lowest BCUT2D eigenvalue weighted by molar-refractivity contribution is -0.138. The standard InChI is InChI=1S/C36H32BrClN4O6S/c1-15-20-12-17(38)6-9-26(20)49-31(15)24-14-27(41(4)39-24)42-33(45)23-13-21-18(7-8-19-28(21)34(46)40(3)32(19)44)29(36(23,2)35(42)47)22-10-16(37)11-25(48-5)30(22)43/h6-7,9-12,14,19,21,23,28-29,43H,8,13H2,1-5H3. The first-order valence-corrected chi connectivity index (χ1v) is 18.0. The molecule has 2 aliphatic heterocycles. The van der Waals surface area contributed by atoms with Gasteiger partial charge < -0.3 is 9.84 Å². The second kappa shape index (κ2) is 11.0. The maximum Gasteiger partial charge on any atom is 0.242 e. The zero-order valence-electron chi connectivity index (χ0n) is 27.3. The van der Waals surface area contributed by atoms with E-state index in [0.29, 0.717) is 33.0 Å². The Morgan fingerprint density at radius 2 is 1.82 bits per heavy atom. The highest BCUT2D eigenvalue weighted by Crippen LogP contribution is 2.65. The number of likely N-dealkylation sites (tertiary alicyclic amines) is 1. The molecule has 1 saturated carbocycles. The molecule has 4 aromatic rings. The van der Waals surface area contributed by atoms with Crippen LogP contribution < -0.4 is 9.64 Å². The number of phenolic OH excluding ortho intramolecular Hbond substituents is 1. The molecule has 1 N–H and O–H groups in total. The van der Waals surface area contributed by atoms with Crippen LogP contribution in [-0.4, -0.2) is 57.6 Å². The number of aryl methyl sites for hydroxylation is 2. The lowest BCUT2D eigenvalue weighted by atomic mass is 9.51. The summed E-state index contributed by atoms with van der Waals surface area (Å²) in [5, 5.41) is 18.0. The number of ether oxygens (including phenoxy) is 1. The number of rotatable bonds is 4. The Morgan fingerprint density at radius 3 is 2.55 bits per heavy atom. The minimum Gasteiger partial charge on any atom is -0.504 e. The van der Waals surface area contributed by atoms with Gasteiger partial charge in [0.1, 0.15) is 11.5 Å². The number of anilines is 1. The Morgan fingerprint density at radius 1 is 1.06 bits per heavy atom. The van der Waals surface area contributed by atoms with Crippen molar-refractivity contribution in [2.75, 3.05) is 19.1 Å². The van der Waals surface area contributed by atoms with E-state index in [0.717, 1.165) is 26.1 Å². The molecule has 13 heteroatoms. The summed E-state index contributed by atoms with van der Waals surface area (Å²) in [6.07, 6.45) is 2.49. The smallest absolute Gasteiger partial charge is 0.242 e. The SMILES string of the molecule is COc1cc(Br)cc(C2C3=CCC4C(=O)N(C)C(=O)C4C3CC3C(=O)N(c4cc(-c5sc6ccc(Cl)cc6c5C)nn4C)C(=O)C32C)c1O. The van der Waals surface area contributed by atoms with Crippen molar-refractivity contribution in [3.63, 3.8) is 0 Å². The van der Waals surface area contributed by atoms with Crippen LogP contribution in [0.5, 0.6) is 11.5 Å². The summed E-state index contributed by atoms with van der Waals surface area (Å²) in [7, 11) is 4.65. The number of methoxy groups -OCH3 is 1. The normalized spacial score (nSPS) is 27.9. The molecule has 0 bridgehead atoms. The first-order chi connectivity index (χ1) is 23.3. The fourth-order valence-corrected chi connectivity index (χ4v) is 10.7. The maximum atomic E-state index is 15.0. The Labute approximate surface area is 299 Å². The van der Waals surface area contributed by atoms with Gasteiger partial charge in [0.25, 0.3) is 0 Å². The van der Waals surface area contributed by atoms with Gasteiger partial charge >= 0.3 is 0 Å². The number of halogens is 2. The van der Waals surface area contributed by atoms with E-state index in [9.17, 15) is 24.3 Å². The monoisotopic (exact) mass is 762 g/mol. The number of fused-ring (bicyclic) bond motifs is 5. The fourth-order valence-electron chi connectivity index (χ4n) is 8.92. The van der Waals surface area contributed by atoms with E-state index in [1.807, 2.05) is 31.2 Å². The molecule has 2 saturated heterocycles. The van der Waals surface area contributed by atoms with Gasteiger partial charge in [0, 0.05) is 45.8 Å². The molecule has 6 unspecified atom stereocenters. The summed E-state index contributed by atoms with van der Waals surface area (Å²) < 4.78 is 8.71. The van der Waals surface area contributed by atoms with Crippen LogP contribution in [0.4, 0.5) is 5.82 Å². The molecular weight excluding hydrogens is 732 g/mol. The quantitative estimate of drug-likeness (QED) is 0.184. The van der Waals surface area contributed by atoms with Gasteiger partial charge in [-0.1, -0.05) is 39.2 Å². The molecule has 2 aromatic carbocycles. The van der Waals surface area contributed by atoms with Crippen molar-refractivity contribution in [3.05, 3.63) is 68.7 Å². The van der Waals surface area contributed by atoms with Gasteiger partial charge in [0.05, 0.1) is 35.2 Å². The van der Waals surface area contributed by atoms with Crippen LogP contribution in [0.1, 0.15) is 36.8 Å². The van der Waals surface area contributed by atoms with Gasteiger partial charge in [0.2, 0.25) is 23.6 Å². The summed E-state index contributed by atoms with van der Waals surface area (Å²) in [6.45, 7) is 3.78. The number of carbonyl (C=O) groups excluding carboxylic acids is 4. The molecule has 0 radical (unpaired) electrons. The van der Waals surface area contributed by atoms with Crippen LogP contribution in [0.15, 0.2) is 52.5 Å². The Balaban J connectivity index is 1.28. The van der Waals surface area contributed by atoms with Gasteiger partial charge in [-0.25, -0.2) is 4.90 Å². The number of thiophene rings is 1. The first kappa shape index (κ1) is 32.2. The van der Waals surface area contributed by atoms with Crippen LogP contribution >= 0.6 is 38.9 Å². The third-order valence-electron chi connectivity index (χ3n) is 11.3. The van der Waals surface area contributed by atoms with Crippen LogP contribution in [0.3, 0.4) is 0 Å². The van der Waals surface area contributed by atoms with Crippen LogP contribution in [0.2, 0.25) is 5.02 Å². The molecule has 0 spiro atoms. The Kier molecular flexibility index (Phi) is 7.23. The van der Waals surface area contributed by atoms with Crippen molar-refractivity contribution >= 4 is 78.4 Å². The fraction of sp³-hybridized carbons (Fsp3) is 0.361. The first-order valence-electron chi connectivity index (χ1n) is 16.0. The van der Waals surface area contributed by atoms with Crippen molar-refractivity contribution in [2.45, 2.75) is 32.6 Å². The third kappa shape index (κ3) is 4.32. The molecular formula is C36H32BrClN4O6S. The molecule has 4 heterocycles. The summed E-state index contributed by atoms with van der Waals surface area (Å²) in [6, 6.07) is 10.9. The van der Waals surface area contributed by atoms with Crippen molar-refractivity contribution in [2.24, 2.45) is 36.1 Å². The molecule has 2 aliphatic carbocycles. The zero-order valence-corrected chi connectivity index (χ0v) is 30.4. The number of amides is 4. The van der Waals surface area contributed by atoms with Gasteiger partial charge in [-0.3, -0.25) is 28.8 Å². The van der Waals surface area contributed by atoms with Crippen molar-refractivity contribution in [1.29, 1.82) is 0 Å². The Bertz CT molecular complexity index is 2210. The molecule has 252 valence electrons. The molecule has 3 fully saturated rings. The van der Waals surface area contributed by atoms with Crippen LogP contribution in [0.25, 0.3) is 20.7 Å². The summed E-state index contributed by atoms with van der Waals surface area (Å²) >= 11 is 11.4. The van der Waals surface area contributed by atoms with Crippen molar-refractivity contribution in [3.8, 4) is 22.1 Å². The highest BCUT2D eigenvalue weighted by molar-refractivity contribution is 9.10. The highest BCUT2D eigenvalue weighted by atomic mass is 79.9. The van der Waals surface area contributed by atoms with E-state index < -0.39 is 46.8 Å². The third-order valence-corrected chi connectivity index (χ3v) is 13.3. The number of benzene rings is 2. The second-order valence-corrected chi connectivity index (χ2v) is 16.1. The average molecular weight is 764 g/mol. The average Bonchev–Trinajstić information content (AvgIpc) is 3.73. The molecule has 10 nitrogen and oxygen atoms in total. The predicted molar refractivity (Wildman–Crippen MR) is 189 cm³/mol. The van der Waals surface area contributed by atoms with Gasteiger partial charge in [-0.2, -0.15) is 5.10 Å². The number of hydrogen-bond donors (Lipinski definition) is 1. The second-order valence-electron chi connectivity index (χ2n) is 13.7. The zero-order chi connectivity index (χ0) is 34.8. The summed E-state index contributed by atoms with van der Waals surface area (Å²) in [5.41, 5.74) is 1.46. The van der Waals surface area contributed by atoms with Crippen molar-refractivity contribution < 1.29 is 29.0 Å². The van der Waals surface area contributed by atoms with Crippen LogP contribution in [0, 0.1) is 36.0 Å². The van der Waals surface area contributed by atoms with E-state index in [-0.39, 0.29) is 29.7 Å². The number of carbonyl (C=O) groups is 4. The van der Waals surface area contributed by atoms with Crippen molar-refractivity contribution in [1.82, 2.24) is 14.7 Å². The highest BCUT2D eigenvalue weighted by Gasteiger charge is 2.68. The molecule has 4 amide bonds. The summed E-state index contributed by atoms with van der Waals surface area (Å²) in [5.74, 6) is -4.29. The van der Waals surface area contributed by atoms with E-state index in [4.69, 9.17) is 21.4 Å². The largest absolute Gasteiger partial charge is 0.504 e. The molecule has 8 rings (SSSR count). The van der Waals surface area contributed by atoms with E-state index >= 15 is 0 Å². The molecule has 2 aromatic heterocycles. The lowest BCUT2D eigenvalue weighted by Crippen LogP contribution is -2.48. The lowest BCUT2D eigenvalue weighted by Gasteiger charge is -2.49. The molecule has 6 atom stereocenters. The number of hydrogen-bond acceptors (Lipinski definition) is 8.